The topological polar surface area (TPSA) is 3.24 Å². The fourth-order valence-corrected chi connectivity index (χ4v) is 1.81. The third-order valence-electron chi connectivity index (χ3n) is 2.28. The van der Waals surface area contributed by atoms with E-state index in [-0.39, 0.29) is 0 Å². The molecule has 0 aromatic rings. The number of likely N-dealkylation sites (tertiary alicyclic amines) is 1. The predicted octanol–water partition coefficient (Wildman–Crippen LogP) is 2.13. The van der Waals surface area contributed by atoms with Gasteiger partial charge in [0, 0.05) is 6.54 Å². The van der Waals surface area contributed by atoms with Crippen LogP contribution in [0.2, 0.25) is 0 Å². The second-order valence-electron chi connectivity index (χ2n) is 3.55. The Hall–Kier alpha value is -0.0400. The summed E-state index contributed by atoms with van der Waals surface area (Å²) in [6.07, 6.45) is 4.17. The summed E-state index contributed by atoms with van der Waals surface area (Å²) >= 11 is 0. The maximum absolute atomic E-state index is 2.59. The largest absolute Gasteiger partial charge is 0.303 e. The van der Waals surface area contributed by atoms with E-state index in [2.05, 4.69) is 18.7 Å². The smallest absolute Gasteiger partial charge is 0.000702 e. The Balaban J connectivity index is 2.18. The van der Waals surface area contributed by atoms with Gasteiger partial charge in [0.05, 0.1) is 0 Å². The van der Waals surface area contributed by atoms with Crippen molar-refractivity contribution in [1.29, 1.82) is 0 Å². The van der Waals surface area contributed by atoms with E-state index >= 15 is 0 Å². The molecule has 1 saturated heterocycles. The fourth-order valence-electron chi connectivity index (χ4n) is 1.81. The first kappa shape index (κ1) is 8.06. The van der Waals surface area contributed by atoms with E-state index in [4.69, 9.17) is 0 Å². The summed E-state index contributed by atoms with van der Waals surface area (Å²) in [6.45, 7) is 8.62. The first-order chi connectivity index (χ1) is 4.83. The lowest BCUT2D eigenvalue weighted by Gasteiger charge is -2.30. The number of hydrogen-bond donors (Lipinski definition) is 0. The van der Waals surface area contributed by atoms with Crippen LogP contribution in [0, 0.1) is 5.92 Å². The summed E-state index contributed by atoms with van der Waals surface area (Å²) < 4.78 is 0. The molecule has 1 aliphatic rings. The van der Waals surface area contributed by atoms with Crippen molar-refractivity contribution in [2.75, 3.05) is 19.6 Å². The van der Waals surface area contributed by atoms with E-state index in [1.165, 1.54) is 38.9 Å². The van der Waals surface area contributed by atoms with Gasteiger partial charge in [-0.05, 0) is 38.3 Å². The van der Waals surface area contributed by atoms with Crippen molar-refractivity contribution >= 4 is 0 Å². The summed E-state index contributed by atoms with van der Waals surface area (Å²) in [5, 5.41) is 0. The Morgan fingerprint density at radius 3 is 2.90 bits per heavy atom. The molecular formula is C9H19N. The monoisotopic (exact) mass is 141 g/mol. The molecule has 1 rings (SSSR count). The van der Waals surface area contributed by atoms with Crippen molar-refractivity contribution in [3.63, 3.8) is 0 Å². The molecule has 0 spiro atoms. The Kier molecular flexibility index (Phi) is 3.20. The van der Waals surface area contributed by atoms with Gasteiger partial charge in [-0.3, -0.25) is 0 Å². The second kappa shape index (κ2) is 3.97. The van der Waals surface area contributed by atoms with E-state index in [1.807, 2.05) is 0 Å². The predicted molar refractivity (Wildman–Crippen MR) is 45.1 cm³/mol. The first-order valence-corrected chi connectivity index (χ1v) is 4.55. The molecule has 60 valence electrons. The third kappa shape index (κ3) is 2.30. The third-order valence-corrected chi connectivity index (χ3v) is 2.28. The lowest BCUT2D eigenvalue weighted by atomic mass is 10.0. The molecule has 0 aliphatic carbocycles. The second-order valence-corrected chi connectivity index (χ2v) is 3.55. The molecule has 10 heavy (non-hydrogen) atoms. The van der Waals surface area contributed by atoms with E-state index in [1.54, 1.807) is 0 Å². The molecule has 0 aromatic carbocycles. The SMILES string of the molecule is CCCN1CCC[C@@H](C)C1. The Labute approximate surface area is 64.4 Å². The van der Waals surface area contributed by atoms with Crippen molar-refractivity contribution in [3.05, 3.63) is 0 Å². The van der Waals surface area contributed by atoms with Gasteiger partial charge >= 0.3 is 0 Å². The molecule has 0 saturated carbocycles. The van der Waals surface area contributed by atoms with Crippen molar-refractivity contribution in [3.8, 4) is 0 Å². The molecule has 1 aliphatic heterocycles. The first-order valence-electron chi connectivity index (χ1n) is 4.55. The maximum Gasteiger partial charge on any atom is 0.000702 e. The highest BCUT2D eigenvalue weighted by molar-refractivity contribution is 4.68. The van der Waals surface area contributed by atoms with Gasteiger partial charge in [0.2, 0.25) is 0 Å². The zero-order chi connectivity index (χ0) is 7.40. The average molecular weight is 141 g/mol. The van der Waals surface area contributed by atoms with E-state index in [9.17, 15) is 0 Å². The standard InChI is InChI=1S/C9H19N/c1-3-6-10-7-4-5-9(2)8-10/h9H,3-8H2,1-2H3/t9-/m1/s1. The fraction of sp³-hybridized carbons (Fsp3) is 1.00. The normalized spacial score (nSPS) is 28.8. The van der Waals surface area contributed by atoms with Gasteiger partial charge in [-0.15, -0.1) is 0 Å². The summed E-state index contributed by atoms with van der Waals surface area (Å²) in [5.41, 5.74) is 0. The lowest BCUT2D eigenvalue weighted by Crippen LogP contribution is -2.34. The number of nitrogens with zero attached hydrogens (tertiary/aromatic N) is 1. The van der Waals surface area contributed by atoms with Crippen LogP contribution in [0.4, 0.5) is 0 Å². The summed E-state index contributed by atoms with van der Waals surface area (Å²) in [4.78, 5) is 2.59. The molecule has 1 heterocycles. The number of hydrogen-bond acceptors (Lipinski definition) is 1. The molecule has 0 aromatic heterocycles. The van der Waals surface area contributed by atoms with E-state index < -0.39 is 0 Å². The van der Waals surface area contributed by atoms with Crippen LogP contribution < -0.4 is 0 Å². The molecular weight excluding hydrogens is 122 g/mol. The molecule has 1 nitrogen and oxygen atoms in total. The molecule has 0 N–H and O–H groups in total. The summed E-state index contributed by atoms with van der Waals surface area (Å²) in [6, 6.07) is 0. The van der Waals surface area contributed by atoms with Crippen LogP contribution in [0.3, 0.4) is 0 Å². The average Bonchev–Trinajstić information content (AvgIpc) is 1.88. The minimum Gasteiger partial charge on any atom is -0.303 e. The zero-order valence-corrected chi connectivity index (χ0v) is 7.27. The van der Waals surface area contributed by atoms with Crippen molar-refractivity contribution in [2.24, 2.45) is 5.92 Å². The lowest BCUT2D eigenvalue weighted by molar-refractivity contribution is 0.184. The Bertz CT molecular complexity index is 88.7. The number of rotatable bonds is 2. The quantitative estimate of drug-likeness (QED) is 0.569. The van der Waals surface area contributed by atoms with Crippen LogP contribution in [-0.2, 0) is 0 Å². The van der Waals surface area contributed by atoms with Crippen molar-refractivity contribution < 1.29 is 0 Å². The van der Waals surface area contributed by atoms with Crippen LogP contribution in [0.15, 0.2) is 0 Å². The number of piperidine rings is 1. The van der Waals surface area contributed by atoms with Crippen molar-refractivity contribution in [1.82, 2.24) is 4.90 Å². The molecule has 1 heteroatoms. The molecule has 0 amide bonds. The molecule has 0 unspecified atom stereocenters. The highest BCUT2D eigenvalue weighted by Gasteiger charge is 2.14. The van der Waals surface area contributed by atoms with Crippen LogP contribution in [0.5, 0.6) is 0 Å². The van der Waals surface area contributed by atoms with Gasteiger partial charge in [-0.2, -0.15) is 0 Å². The van der Waals surface area contributed by atoms with Gasteiger partial charge in [0.15, 0.2) is 0 Å². The van der Waals surface area contributed by atoms with Crippen molar-refractivity contribution in [2.45, 2.75) is 33.1 Å². The highest BCUT2D eigenvalue weighted by Crippen LogP contribution is 2.14. The van der Waals surface area contributed by atoms with Crippen LogP contribution in [-0.4, -0.2) is 24.5 Å². The van der Waals surface area contributed by atoms with Gasteiger partial charge in [-0.25, -0.2) is 0 Å². The van der Waals surface area contributed by atoms with Gasteiger partial charge in [0.1, 0.15) is 0 Å². The Morgan fingerprint density at radius 1 is 1.50 bits per heavy atom. The molecule has 0 bridgehead atoms. The molecule has 1 atom stereocenters. The molecule has 0 radical (unpaired) electrons. The van der Waals surface area contributed by atoms with Gasteiger partial charge < -0.3 is 4.90 Å². The molecule has 1 fully saturated rings. The minimum absolute atomic E-state index is 0.945. The van der Waals surface area contributed by atoms with E-state index in [0.29, 0.717) is 0 Å². The van der Waals surface area contributed by atoms with Crippen LogP contribution in [0.25, 0.3) is 0 Å². The van der Waals surface area contributed by atoms with Gasteiger partial charge in [0.25, 0.3) is 0 Å². The highest BCUT2D eigenvalue weighted by atomic mass is 15.1. The Morgan fingerprint density at radius 2 is 2.30 bits per heavy atom. The zero-order valence-electron chi connectivity index (χ0n) is 7.27. The van der Waals surface area contributed by atoms with Crippen LogP contribution in [0.1, 0.15) is 33.1 Å². The minimum atomic E-state index is 0.945. The van der Waals surface area contributed by atoms with E-state index in [0.717, 1.165) is 5.92 Å². The van der Waals surface area contributed by atoms with Crippen LogP contribution >= 0.6 is 0 Å². The summed E-state index contributed by atoms with van der Waals surface area (Å²) in [5.74, 6) is 0.945. The summed E-state index contributed by atoms with van der Waals surface area (Å²) in [7, 11) is 0. The van der Waals surface area contributed by atoms with Gasteiger partial charge in [-0.1, -0.05) is 13.8 Å². The maximum atomic E-state index is 2.59.